The van der Waals surface area contributed by atoms with Crippen molar-refractivity contribution in [1.82, 2.24) is 14.0 Å². The molecule has 0 saturated carbocycles. The van der Waals surface area contributed by atoms with Crippen LogP contribution >= 0.6 is 11.3 Å². The second-order valence-corrected chi connectivity index (χ2v) is 10.2. The lowest BCUT2D eigenvalue weighted by Gasteiger charge is -2.10. The van der Waals surface area contributed by atoms with E-state index in [4.69, 9.17) is 4.98 Å². The van der Waals surface area contributed by atoms with Crippen molar-refractivity contribution in [1.29, 1.82) is 0 Å². The highest BCUT2D eigenvalue weighted by Crippen LogP contribution is 2.39. The molecule has 8 rings (SSSR count). The van der Waals surface area contributed by atoms with Gasteiger partial charge in [0.05, 0.1) is 22.4 Å². The van der Waals surface area contributed by atoms with Crippen LogP contribution < -0.4 is 0 Å². The Kier molecular flexibility index (Phi) is 4.39. The first-order valence-corrected chi connectivity index (χ1v) is 13.3. The van der Waals surface area contributed by atoms with Crippen molar-refractivity contribution in [2.75, 3.05) is 0 Å². The first kappa shape index (κ1) is 20.5. The van der Waals surface area contributed by atoms with Crippen LogP contribution in [0, 0.1) is 0 Å². The third-order valence-electron chi connectivity index (χ3n) is 7.23. The van der Waals surface area contributed by atoms with Crippen LogP contribution in [0.4, 0.5) is 0 Å². The minimum atomic E-state index is 0.947. The Morgan fingerprint density at radius 3 is 2.32 bits per heavy atom. The molecule has 0 aliphatic heterocycles. The molecule has 0 unspecified atom stereocenters. The van der Waals surface area contributed by atoms with Gasteiger partial charge in [-0.25, -0.2) is 4.98 Å². The largest absolute Gasteiger partial charge is 0.309 e. The number of pyridine rings is 1. The first-order valence-electron chi connectivity index (χ1n) is 12.4. The van der Waals surface area contributed by atoms with Gasteiger partial charge in [0, 0.05) is 38.5 Å². The second-order valence-electron chi connectivity index (χ2n) is 9.30. The number of hydrogen-bond acceptors (Lipinski definition) is 2. The molecule has 0 aliphatic carbocycles. The Balaban J connectivity index is 1.35. The minimum Gasteiger partial charge on any atom is -0.309 e. The van der Waals surface area contributed by atoms with Gasteiger partial charge < -0.3 is 4.57 Å². The third kappa shape index (κ3) is 3.03. The Labute approximate surface area is 217 Å². The lowest BCUT2D eigenvalue weighted by Crippen LogP contribution is -1.95. The molecule has 3 nitrogen and oxygen atoms in total. The summed E-state index contributed by atoms with van der Waals surface area (Å²) in [6.45, 7) is 0. The average Bonchev–Trinajstić information content (AvgIpc) is 3.67. The number of hydrogen-bond donors (Lipinski definition) is 0. The summed E-state index contributed by atoms with van der Waals surface area (Å²) in [4.78, 5) is 5.00. The molecule has 4 heteroatoms. The molecule has 37 heavy (non-hydrogen) atoms. The number of imidazole rings is 1. The van der Waals surface area contributed by atoms with Crippen LogP contribution in [0.25, 0.3) is 65.7 Å². The first-order chi connectivity index (χ1) is 18.4. The van der Waals surface area contributed by atoms with Gasteiger partial charge in [0.25, 0.3) is 0 Å². The molecule has 0 radical (unpaired) electrons. The quantitative estimate of drug-likeness (QED) is 0.242. The molecular formula is C33H21N3S. The fourth-order valence-electron chi connectivity index (χ4n) is 5.59. The monoisotopic (exact) mass is 491 g/mol. The normalized spacial score (nSPS) is 11.8. The number of aromatic nitrogens is 3. The van der Waals surface area contributed by atoms with Crippen molar-refractivity contribution >= 4 is 48.9 Å². The zero-order valence-corrected chi connectivity index (χ0v) is 20.7. The van der Waals surface area contributed by atoms with E-state index in [2.05, 4.69) is 124 Å². The standard InChI is InChI=1S/C33H21N3S/c1-2-8-22(9-3-1)31-32(35-20-7-6-12-29(35)34-31)23-13-16-25(17-14-23)36-27-11-5-4-10-26(27)30-28(36)18-15-24-19-21-37-33(24)30/h1-21H. The van der Waals surface area contributed by atoms with Crippen LogP contribution in [0.5, 0.6) is 0 Å². The average molecular weight is 492 g/mol. The molecule has 4 heterocycles. The van der Waals surface area contributed by atoms with E-state index in [9.17, 15) is 0 Å². The van der Waals surface area contributed by atoms with Gasteiger partial charge in [0.1, 0.15) is 5.65 Å². The van der Waals surface area contributed by atoms with Crippen LogP contribution in [0.2, 0.25) is 0 Å². The molecule has 0 aliphatic rings. The zero-order chi connectivity index (χ0) is 24.3. The SMILES string of the molecule is c1ccc(-c2nc3ccccn3c2-c2ccc(-n3c4ccccc4c4c5sccc5ccc43)cc2)cc1. The Bertz CT molecular complexity index is 2080. The molecule has 0 saturated heterocycles. The van der Waals surface area contributed by atoms with Crippen LogP contribution in [0.1, 0.15) is 0 Å². The summed E-state index contributed by atoms with van der Waals surface area (Å²) in [5.74, 6) is 0. The van der Waals surface area contributed by atoms with Crippen LogP contribution in [0.15, 0.2) is 127 Å². The molecule has 174 valence electrons. The van der Waals surface area contributed by atoms with Gasteiger partial charge in [-0.3, -0.25) is 4.40 Å². The van der Waals surface area contributed by atoms with Crippen LogP contribution in [-0.2, 0) is 0 Å². The summed E-state index contributed by atoms with van der Waals surface area (Å²) in [6, 6.07) is 41.0. The number of benzene rings is 4. The van der Waals surface area contributed by atoms with Crippen LogP contribution in [0.3, 0.4) is 0 Å². The van der Waals surface area contributed by atoms with E-state index >= 15 is 0 Å². The van der Waals surface area contributed by atoms with Gasteiger partial charge in [-0.2, -0.15) is 0 Å². The highest BCUT2D eigenvalue weighted by atomic mass is 32.1. The summed E-state index contributed by atoms with van der Waals surface area (Å²) in [5.41, 5.74) is 8.93. The van der Waals surface area contributed by atoms with E-state index in [1.165, 1.54) is 31.9 Å². The van der Waals surface area contributed by atoms with Crippen molar-refractivity contribution in [3.05, 3.63) is 127 Å². The minimum absolute atomic E-state index is 0.947. The van der Waals surface area contributed by atoms with Crippen molar-refractivity contribution in [2.45, 2.75) is 0 Å². The maximum Gasteiger partial charge on any atom is 0.137 e. The topological polar surface area (TPSA) is 22.2 Å². The maximum atomic E-state index is 5.00. The number of rotatable bonds is 3. The summed E-state index contributed by atoms with van der Waals surface area (Å²) >= 11 is 1.82. The van der Waals surface area contributed by atoms with E-state index < -0.39 is 0 Å². The second kappa shape index (κ2) is 7.92. The van der Waals surface area contributed by atoms with Gasteiger partial charge in [-0.1, -0.05) is 72.8 Å². The van der Waals surface area contributed by atoms with Gasteiger partial charge in [0.15, 0.2) is 0 Å². The smallest absolute Gasteiger partial charge is 0.137 e. The van der Waals surface area contributed by atoms with Crippen molar-refractivity contribution in [3.63, 3.8) is 0 Å². The van der Waals surface area contributed by atoms with Gasteiger partial charge in [-0.15, -0.1) is 11.3 Å². The molecule has 0 amide bonds. The number of para-hydroxylation sites is 1. The highest BCUT2D eigenvalue weighted by molar-refractivity contribution is 7.18. The fraction of sp³-hybridized carbons (Fsp3) is 0. The summed E-state index contributed by atoms with van der Waals surface area (Å²) < 4.78 is 5.92. The third-order valence-corrected chi connectivity index (χ3v) is 8.18. The number of fused-ring (bicyclic) bond motifs is 6. The lowest BCUT2D eigenvalue weighted by molar-refractivity contribution is 1.17. The van der Waals surface area contributed by atoms with E-state index in [1.54, 1.807) is 0 Å². The predicted octanol–water partition coefficient (Wildman–Crippen LogP) is 8.98. The lowest BCUT2D eigenvalue weighted by atomic mass is 10.0. The Hall–Kier alpha value is -4.67. The van der Waals surface area contributed by atoms with Crippen molar-refractivity contribution < 1.29 is 0 Å². The highest BCUT2D eigenvalue weighted by Gasteiger charge is 2.18. The summed E-state index contributed by atoms with van der Waals surface area (Å²) in [6.07, 6.45) is 2.09. The molecule has 0 N–H and O–H groups in total. The summed E-state index contributed by atoms with van der Waals surface area (Å²) in [5, 5.41) is 6.12. The molecule has 0 atom stereocenters. The van der Waals surface area contributed by atoms with Crippen molar-refractivity contribution in [2.24, 2.45) is 0 Å². The Morgan fingerprint density at radius 1 is 0.622 bits per heavy atom. The predicted molar refractivity (Wildman–Crippen MR) is 156 cm³/mol. The maximum absolute atomic E-state index is 5.00. The van der Waals surface area contributed by atoms with E-state index in [0.717, 1.165) is 33.8 Å². The number of nitrogens with zero attached hydrogens (tertiary/aromatic N) is 3. The molecule has 4 aromatic carbocycles. The van der Waals surface area contributed by atoms with Gasteiger partial charge in [-0.05, 0) is 53.2 Å². The molecule has 4 aromatic heterocycles. The Morgan fingerprint density at radius 2 is 1.43 bits per heavy atom. The van der Waals surface area contributed by atoms with Crippen LogP contribution in [-0.4, -0.2) is 14.0 Å². The molecular weight excluding hydrogens is 470 g/mol. The molecule has 0 spiro atoms. The van der Waals surface area contributed by atoms with E-state index in [1.807, 2.05) is 23.5 Å². The van der Waals surface area contributed by atoms with E-state index in [-0.39, 0.29) is 0 Å². The molecule has 8 aromatic rings. The molecule has 0 bridgehead atoms. The van der Waals surface area contributed by atoms with Gasteiger partial charge >= 0.3 is 0 Å². The summed E-state index contributed by atoms with van der Waals surface area (Å²) in [7, 11) is 0. The van der Waals surface area contributed by atoms with Crippen molar-refractivity contribution in [3.8, 4) is 28.2 Å². The van der Waals surface area contributed by atoms with E-state index in [0.29, 0.717) is 0 Å². The fourth-order valence-corrected chi connectivity index (χ4v) is 6.55. The van der Waals surface area contributed by atoms with Gasteiger partial charge in [0.2, 0.25) is 0 Å². The number of thiophene rings is 1. The zero-order valence-electron chi connectivity index (χ0n) is 19.9. The molecule has 0 fully saturated rings.